The molecule has 0 atom stereocenters. The van der Waals surface area contributed by atoms with E-state index in [9.17, 15) is 9.59 Å². The van der Waals surface area contributed by atoms with Crippen molar-refractivity contribution in [2.24, 2.45) is 0 Å². The average molecular weight is 685 g/mol. The number of carbonyl (C=O) groups is 2. The SMILES string of the molecule is COC(=O)c1ccc(Cn2cc(-c3ccc(Cl)cc3Cl)nc2/C=C/c2ccc(-c3ccc(OC)c(NC(=O)OC(C)(C)C)c3)cc2)cc1. The van der Waals surface area contributed by atoms with Crippen LogP contribution in [0.4, 0.5) is 10.5 Å². The van der Waals surface area contributed by atoms with Gasteiger partial charge in [0.25, 0.3) is 0 Å². The van der Waals surface area contributed by atoms with Gasteiger partial charge in [-0.15, -0.1) is 0 Å². The van der Waals surface area contributed by atoms with E-state index in [2.05, 4.69) is 5.32 Å². The fraction of sp³-hybridized carbons (Fsp3) is 0.184. The Kier molecular flexibility index (Phi) is 10.6. The van der Waals surface area contributed by atoms with Gasteiger partial charge >= 0.3 is 12.1 Å². The van der Waals surface area contributed by atoms with Crippen LogP contribution in [0.15, 0.2) is 91.1 Å². The zero-order valence-electron chi connectivity index (χ0n) is 27.2. The van der Waals surface area contributed by atoms with Gasteiger partial charge < -0.3 is 18.8 Å². The van der Waals surface area contributed by atoms with Crippen LogP contribution in [0.1, 0.15) is 48.1 Å². The van der Waals surface area contributed by atoms with Gasteiger partial charge in [-0.25, -0.2) is 14.6 Å². The summed E-state index contributed by atoms with van der Waals surface area (Å²) in [5.74, 6) is 0.854. The molecule has 0 aliphatic carbocycles. The van der Waals surface area contributed by atoms with Crippen LogP contribution >= 0.6 is 23.2 Å². The van der Waals surface area contributed by atoms with Crippen molar-refractivity contribution in [3.63, 3.8) is 0 Å². The summed E-state index contributed by atoms with van der Waals surface area (Å²) >= 11 is 12.7. The monoisotopic (exact) mass is 683 g/mol. The summed E-state index contributed by atoms with van der Waals surface area (Å²) in [6.07, 6.45) is 5.32. The summed E-state index contributed by atoms with van der Waals surface area (Å²) in [5, 5.41) is 3.84. The molecule has 0 bridgehead atoms. The van der Waals surface area contributed by atoms with Gasteiger partial charge in [0.2, 0.25) is 0 Å². The van der Waals surface area contributed by atoms with E-state index in [-0.39, 0.29) is 5.97 Å². The number of benzene rings is 4. The number of imidazole rings is 1. The minimum absolute atomic E-state index is 0.386. The first-order valence-electron chi connectivity index (χ1n) is 15.1. The van der Waals surface area contributed by atoms with Crippen molar-refractivity contribution in [3.8, 4) is 28.1 Å². The molecule has 48 heavy (non-hydrogen) atoms. The second kappa shape index (κ2) is 14.8. The van der Waals surface area contributed by atoms with Crippen LogP contribution in [0.2, 0.25) is 10.0 Å². The van der Waals surface area contributed by atoms with Crippen molar-refractivity contribution in [2.45, 2.75) is 32.9 Å². The number of hydrogen-bond donors (Lipinski definition) is 1. The lowest BCUT2D eigenvalue weighted by molar-refractivity contribution is 0.0598. The highest BCUT2D eigenvalue weighted by Crippen LogP contribution is 2.32. The van der Waals surface area contributed by atoms with Gasteiger partial charge in [-0.05, 0) is 91.6 Å². The quantitative estimate of drug-likeness (QED) is 0.156. The minimum Gasteiger partial charge on any atom is -0.495 e. The summed E-state index contributed by atoms with van der Waals surface area (Å²) in [4.78, 5) is 29.2. The molecule has 0 spiro atoms. The molecule has 8 nitrogen and oxygen atoms in total. The number of rotatable bonds is 9. The first-order chi connectivity index (χ1) is 22.9. The average Bonchev–Trinajstić information content (AvgIpc) is 3.44. The number of methoxy groups -OCH3 is 2. The number of amides is 1. The highest BCUT2D eigenvalue weighted by atomic mass is 35.5. The van der Waals surface area contributed by atoms with E-state index < -0.39 is 11.7 Å². The normalized spacial score (nSPS) is 11.4. The molecule has 10 heteroatoms. The Labute approximate surface area is 289 Å². The zero-order chi connectivity index (χ0) is 34.4. The second-order valence-corrected chi connectivity index (χ2v) is 12.8. The fourth-order valence-electron chi connectivity index (χ4n) is 4.93. The van der Waals surface area contributed by atoms with Crippen LogP contribution < -0.4 is 10.1 Å². The zero-order valence-corrected chi connectivity index (χ0v) is 28.7. The molecular weight excluding hydrogens is 649 g/mol. The van der Waals surface area contributed by atoms with Gasteiger partial charge in [0, 0.05) is 23.3 Å². The maximum absolute atomic E-state index is 12.4. The van der Waals surface area contributed by atoms with Crippen molar-refractivity contribution in [3.05, 3.63) is 124 Å². The van der Waals surface area contributed by atoms with Crippen molar-refractivity contribution in [2.75, 3.05) is 19.5 Å². The van der Waals surface area contributed by atoms with Crippen LogP contribution in [0.25, 0.3) is 34.5 Å². The highest BCUT2D eigenvalue weighted by Gasteiger charge is 2.18. The molecule has 1 N–H and O–H groups in total. The van der Waals surface area contributed by atoms with Gasteiger partial charge in [-0.2, -0.15) is 0 Å². The lowest BCUT2D eigenvalue weighted by atomic mass is 10.0. The van der Waals surface area contributed by atoms with E-state index in [0.717, 1.165) is 27.8 Å². The van der Waals surface area contributed by atoms with Crippen molar-refractivity contribution >= 4 is 53.1 Å². The fourth-order valence-corrected chi connectivity index (χ4v) is 5.44. The van der Waals surface area contributed by atoms with Crippen LogP contribution in [0, 0.1) is 0 Å². The molecule has 0 saturated heterocycles. The molecule has 0 unspecified atom stereocenters. The predicted molar refractivity (Wildman–Crippen MR) is 192 cm³/mol. The Morgan fingerprint density at radius 2 is 1.58 bits per heavy atom. The molecule has 1 amide bonds. The molecular formula is C38H35Cl2N3O5. The molecule has 0 saturated carbocycles. The van der Waals surface area contributed by atoms with Gasteiger partial charge in [0.05, 0.1) is 36.2 Å². The Bertz CT molecular complexity index is 1960. The summed E-state index contributed by atoms with van der Waals surface area (Å²) < 4.78 is 17.7. The number of halogens is 2. The van der Waals surface area contributed by atoms with Crippen molar-refractivity contribution in [1.82, 2.24) is 9.55 Å². The number of esters is 1. The number of nitrogens with one attached hydrogen (secondary N) is 1. The molecule has 5 aromatic rings. The van der Waals surface area contributed by atoms with Crippen molar-refractivity contribution in [1.29, 1.82) is 0 Å². The van der Waals surface area contributed by atoms with Gasteiger partial charge in [-0.3, -0.25) is 5.32 Å². The second-order valence-electron chi connectivity index (χ2n) is 11.9. The van der Waals surface area contributed by atoms with Gasteiger partial charge in [0.15, 0.2) is 0 Å². The number of nitrogens with zero attached hydrogens (tertiary/aromatic N) is 2. The molecule has 0 fully saturated rings. The minimum atomic E-state index is -0.628. The van der Waals surface area contributed by atoms with E-state index in [1.807, 2.05) is 104 Å². The van der Waals surface area contributed by atoms with Crippen LogP contribution in [0.3, 0.4) is 0 Å². The number of carbonyl (C=O) groups excluding carboxylic acids is 2. The lowest BCUT2D eigenvalue weighted by Crippen LogP contribution is -2.27. The topological polar surface area (TPSA) is 91.7 Å². The summed E-state index contributed by atoms with van der Waals surface area (Å²) in [6, 6.07) is 26.2. The van der Waals surface area contributed by atoms with E-state index >= 15 is 0 Å². The molecule has 1 aromatic heterocycles. The first-order valence-corrected chi connectivity index (χ1v) is 15.8. The van der Waals surface area contributed by atoms with E-state index in [0.29, 0.717) is 45.1 Å². The van der Waals surface area contributed by atoms with Crippen LogP contribution in [0.5, 0.6) is 5.75 Å². The van der Waals surface area contributed by atoms with E-state index in [4.69, 9.17) is 42.4 Å². The Morgan fingerprint density at radius 3 is 2.23 bits per heavy atom. The number of anilines is 1. The maximum atomic E-state index is 12.4. The third kappa shape index (κ3) is 8.64. The Hall–Kier alpha value is -5.05. The summed E-state index contributed by atoms with van der Waals surface area (Å²) in [7, 11) is 2.91. The summed E-state index contributed by atoms with van der Waals surface area (Å²) in [5.41, 5.74) is 5.63. The molecule has 1 heterocycles. The van der Waals surface area contributed by atoms with Crippen molar-refractivity contribution < 1.29 is 23.8 Å². The Balaban J connectivity index is 1.40. The molecule has 0 aliphatic rings. The van der Waals surface area contributed by atoms with E-state index in [1.54, 1.807) is 31.4 Å². The largest absolute Gasteiger partial charge is 0.495 e. The smallest absolute Gasteiger partial charge is 0.412 e. The predicted octanol–water partition coefficient (Wildman–Crippen LogP) is 9.88. The third-order valence-electron chi connectivity index (χ3n) is 7.25. The van der Waals surface area contributed by atoms with Gasteiger partial charge in [-0.1, -0.05) is 71.7 Å². The lowest BCUT2D eigenvalue weighted by Gasteiger charge is -2.20. The van der Waals surface area contributed by atoms with Crippen LogP contribution in [-0.2, 0) is 16.0 Å². The molecule has 246 valence electrons. The third-order valence-corrected chi connectivity index (χ3v) is 7.79. The summed E-state index contributed by atoms with van der Waals surface area (Å²) in [6.45, 7) is 5.94. The van der Waals surface area contributed by atoms with Crippen LogP contribution in [-0.4, -0.2) is 41.4 Å². The number of hydrogen-bond acceptors (Lipinski definition) is 6. The molecule has 0 radical (unpaired) electrons. The Morgan fingerprint density at radius 1 is 0.875 bits per heavy atom. The number of ether oxygens (including phenoxy) is 3. The molecule has 4 aromatic carbocycles. The molecule has 0 aliphatic heterocycles. The van der Waals surface area contributed by atoms with Gasteiger partial charge in [0.1, 0.15) is 17.2 Å². The van der Waals surface area contributed by atoms with E-state index in [1.165, 1.54) is 7.11 Å². The molecule has 5 rings (SSSR count). The maximum Gasteiger partial charge on any atom is 0.412 e. The standard InChI is InChI=1S/C38H35Cl2N3O5/c1-38(2,3)48-37(45)42-32-20-28(15-18-34(32)46-4)26-11-6-24(7-12-26)10-19-35-41-33(30-17-16-29(39)21-31(30)40)23-43(35)22-25-8-13-27(14-9-25)36(44)47-5/h6-21,23H,22H2,1-5H3,(H,42,45)/b19-10+. The first kappa shape index (κ1) is 34.3. The highest BCUT2D eigenvalue weighted by molar-refractivity contribution is 6.36. The number of aromatic nitrogens is 2.